The van der Waals surface area contributed by atoms with E-state index in [0.29, 0.717) is 19.3 Å². The molecule has 0 fully saturated rings. The summed E-state index contributed by atoms with van der Waals surface area (Å²) in [4.78, 5) is 37.7. The largest absolute Gasteiger partial charge is 0.462 e. The smallest absolute Gasteiger partial charge is 0.306 e. The summed E-state index contributed by atoms with van der Waals surface area (Å²) in [6.07, 6.45) is 52.2. The Balaban J connectivity index is 4.39. The summed E-state index contributed by atoms with van der Waals surface area (Å²) in [5.74, 6) is -0.960. The summed E-state index contributed by atoms with van der Waals surface area (Å²) in [6.45, 7) is 6.33. The van der Waals surface area contributed by atoms with Crippen molar-refractivity contribution in [2.24, 2.45) is 0 Å². The topological polar surface area (TPSA) is 78.9 Å². The molecule has 1 unspecified atom stereocenters. The van der Waals surface area contributed by atoms with Crippen LogP contribution in [-0.2, 0) is 28.6 Å². The minimum absolute atomic E-state index is 0.0952. The molecule has 0 saturated carbocycles. The second-order valence-electron chi connectivity index (χ2n) is 14.9. The minimum atomic E-state index is -0.794. The third kappa shape index (κ3) is 42.1. The van der Waals surface area contributed by atoms with E-state index in [1.54, 1.807) is 0 Å². The maximum absolute atomic E-state index is 12.7. The first-order chi connectivity index (χ1) is 27.0. The number of hydrogen-bond donors (Lipinski definition) is 0. The van der Waals surface area contributed by atoms with Gasteiger partial charge in [-0.1, -0.05) is 159 Å². The Morgan fingerprint density at radius 3 is 1.15 bits per heavy atom. The SMILES string of the molecule is CC/C=C\C/C=C\CCCCCCCC(=O)OC(COC(=O)CCCC/C=C\C/C=C\CC)COC(=O)CCCCCCC/C=C\CCCCCCCCC. The quantitative estimate of drug-likeness (QED) is 0.0267. The van der Waals surface area contributed by atoms with Crippen molar-refractivity contribution in [3.63, 3.8) is 0 Å². The number of rotatable bonds is 40. The van der Waals surface area contributed by atoms with Crippen molar-refractivity contribution >= 4 is 17.9 Å². The lowest BCUT2D eigenvalue weighted by atomic mass is 10.1. The van der Waals surface area contributed by atoms with Crippen LogP contribution in [0, 0.1) is 0 Å². The highest BCUT2D eigenvalue weighted by Crippen LogP contribution is 2.13. The lowest BCUT2D eigenvalue weighted by Gasteiger charge is -2.18. The van der Waals surface area contributed by atoms with Crippen molar-refractivity contribution in [2.75, 3.05) is 13.2 Å². The molecule has 0 spiro atoms. The number of allylic oxidation sites excluding steroid dienone is 10. The van der Waals surface area contributed by atoms with Gasteiger partial charge in [0, 0.05) is 19.3 Å². The van der Waals surface area contributed by atoms with Gasteiger partial charge in [0.05, 0.1) is 0 Å². The maximum atomic E-state index is 12.7. The Morgan fingerprint density at radius 1 is 0.382 bits per heavy atom. The molecule has 0 aromatic carbocycles. The Labute approximate surface area is 339 Å². The summed E-state index contributed by atoms with van der Waals surface area (Å²) >= 11 is 0. The first-order valence-corrected chi connectivity index (χ1v) is 22.8. The van der Waals surface area contributed by atoms with Crippen molar-refractivity contribution in [3.05, 3.63) is 60.8 Å². The zero-order valence-corrected chi connectivity index (χ0v) is 35.9. The van der Waals surface area contributed by atoms with Crippen LogP contribution in [0.4, 0.5) is 0 Å². The van der Waals surface area contributed by atoms with Crippen LogP contribution in [0.15, 0.2) is 60.8 Å². The molecule has 55 heavy (non-hydrogen) atoms. The Morgan fingerprint density at radius 2 is 0.709 bits per heavy atom. The predicted molar refractivity (Wildman–Crippen MR) is 233 cm³/mol. The maximum Gasteiger partial charge on any atom is 0.306 e. The van der Waals surface area contributed by atoms with Crippen LogP contribution in [0.2, 0.25) is 0 Å². The molecule has 0 rings (SSSR count). The molecule has 0 heterocycles. The Bertz CT molecular complexity index is 1020. The highest BCUT2D eigenvalue weighted by molar-refractivity contribution is 5.71. The summed E-state index contributed by atoms with van der Waals surface area (Å²) in [7, 11) is 0. The standard InChI is InChI=1S/C49H84O6/c1-4-7-10-13-16-19-21-23-24-25-26-28-30-33-36-39-42-48(51)54-45-46(44-53-47(50)41-38-35-32-29-18-15-12-9-6-3)55-49(52)43-40-37-34-31-27-22-20-17-14-11-8-5-2/h8-9,11-12,17-18,20,24-25,29,46H,4-7,10,13-16,19,21-23,26-28,30-45H2,1-3H3/b11-8-,12-9-,20-17-,25-24-,29-18-. The number of unbranched alkanes of at least 4 members (excludes halogenated alkanes) is 19. The third-order valence-electron chi connectivity index (χ3n) is 9.49. The van der Waals surface area contributed by atoms with Crippen molar-refractivity contribution in [1.82, 2.24) is 0 Å². The van der Waals surface area contributed by atoms with E-state index < -0.39 is 6.10 Å². The van der Waals surface area contributed by atoms with Gasteiger partial charge >= 0.3 is 17.9 Å². The Kier molecular flexibility index (Phi) is 41.5. The molecule has 0 aliphatic heterocycles. The second-order valence-corrected chi connectivity index (χ2v) is 14.9. The highest BCUT2D eigenvalue weighted by Gasteiger charge is 2.19. The van der Waals surface area contributed by atoms with E-state index in [2.05, 4.69) is 81.5 Å². The molecule has 0 aromatic heterocycles. The van der Waals surface area contributed by atoms with Crippen molar-refractivity contribution < 1.29 is 28.6 Å². The van der Waals surface area contributed by atoms with Gasteiger partial charge in [-0.3, -0.25) is 14.4 Å². The molecule has 0 saturated heterocycles. The first-order valence-electron chi connectivity index (χ1n) is 22.8. The average Bonchev–Trinajstić information content (AvgIpc) is 3.18. The molecule has 0 aliphatic rings. The van der Waals surface area contributed by atoms with Gasteiger partial charge in [0.2, 0.25) is 0 Å². The summed E-state index contributed by atoms with van der Waals surface area (Å²) in [6, 6.07) is 0. The van der Waals surface area contributed by atoms with E-state index in [9.17, 15) is 14.4 Å². The fraction of sp³-hybridized carbons (Fsp3) is 0.735. The van der Waals surface area contributed by atoms with Gasteiger partial charge in [-0.2, -0.15) is 0 Å². The molecule has 0 amide bonds. The molecule has 0 N–H and O–H groups in total. The van der Waals surface area contributed by atoms with Crippen LogP contribution in [0.5, 0.6) is 0 Å². The highest BCUT2D eigenvalue weighted by atomic mass is 16.6. The first kappa shape index (κ1) is 52.1. The van der Waals surface area contributed by atoms with Crippen LogP contribution in [-0.4, -0.2) is 37.2 Å². The second kappa shape index (κ2) is 43.8. The number of esters is 3. The predicted octanol–water partition coefficient (Wildman–Crippen LogP) is 14.5. The fourth-order valence-electron chi connectivity index (χ4n) is 6.10. The molecule has 0 radical (unpaired) electrons. The van der Waals surface area contributed by atoms with Gasteiger partial charge in [0.25, 0.3) is 0 Å². The molecular weight excluding hydrogens is 685 g/mol. The lowest BCUT2D eigenvalue weighted by Crippen LogP contribution is -2.30. The monoisotopic (exact) mass is 769 g/mol. The molecule has 316 valence electrons. The van der Waals surface area contributed by atoms with Crippen LogP contribution in [0.3, 0.4) is 0 Å². The van der Waals surface area contributed by atoms with Crippen molar-refractivity contribution in [2.45, 2.75) is 219 Å². The average molecular weight is 769 g/mol. The molecule has 6 nitrogen and oxygen atoms in total. The molecule has 0 aromatic rings. The zero-order valence-electron chi connectivity index (χ0n) is 35.9. The van der Waals surface area contributed by atoms with Gasteiger partial charge in [-0.15, -0.1) is 0 Å². The van der Waals surface area contributed by atoms with Crippen LogP contribution >= 0.6 is 0 Å². The van der Waals surface area contributed by atoms with E-state index in [4.69, 9.17) is 14.2 Å². The fourth-order valence-corrected chi connectivity index (χ4v) is 6.10. The summed E-state index contributed by atoms with van der Waals surface area (Å²) in [5, 5.41) is 0. The van der Waals surface area contributed by atoms with Crippen LogP contribution in [0.1, 0.15) is 213 Å². The van der Waals surface area contributed by atoms with Gasteiger partial charge in [0.15, 0.2) is 6.10 Å². The molecule has 6 heteroatoms. The minimum Gasteiger partial charge on any atom is -0.462 e. The van der Waals surface area contributed by atoms with Crippen molar-refractivity contribution in [3.8, 4) is 0 Å². The van der Waals surface area contributed by atoms with E-state index in [1.165, 1.54) is 64.2 Å². The number of carbonyl (C=O) groups excluding carboxylic acids is 3. The molecule has 0 bridgehead atoms. The molecule has 1 atom stereocenters. The van der Waals surface area contributed by atoms with Crippen LogP contribution in [0.25, 0.3) is 0 Å². The summed E-state index contributed by atoms with van der Waals surface area (Å²) in [5.41, 5.74) is 0. The Hall–Kier alpha value is -2.89. The van der Waals surface area contributed by atoms with Gasteiger partial charge in [0.1, 0.15) is 13.2 Å². The third-order valence-corrected chi connectivity index (χ3v) is 9.49. The molecular formula is C49H84O6. The van der Waals surface area contributed by atoms with E-state index >= 15 is 0 Å². The van der Waals surface area contributed by atoms with E-state index in [0.717, 1.165) is 109 Å². The zero-order chi connectivity index (χ0) is 40.1. The van der Waals surface area contributed by atoms with E-state index in [-0.39, 0.29) is 31.1 Å². The van der Waals surface area contributed by atoms with Gasteiger partial charge in [-0.05, 0) is 96.3 Å². The molecule has 0 aliphatic carbocycles. The van der Waals surface area contributed by atoms with Gasteiger partial charge in [-0.25, -0.2) is 0 Å². The number of ether oxygens (including phenoxy) is 3. The lowest BCUT2D eigenvalue weighted by molar-refractivity contribution is -0.167. The van der Waals surface area contributed by atoms with Crippen LogP contribution < -0.4 is 0 Å². The van der Waals surface area contributed by atoms with E-state index in [1.807, 2.05) is 0 Å². The number of carbonyl (C=O) groups is 3. The summed E-state index contributed by atoms with van der Waals surface area (Å²) < 4.78 is 16.6. The van der Waals surface area contributed by atoms with Crippen molar-refractivity contribution in [1.29, 1.82) is 0 Å². The van der Waals surface area contributed by atoms with Gasteiger partial charge < -0.3 is 14.2 Å². The number of hydrogen-bond acceptors (Lipinski definition) is 6. The normalized spacial score (nSPS) is 12.6.